The summed E-state index contributed by atoms with van der Waals surface area (Å²) in [6, 6.07) is 3.47. The van der Waals surface area contributed by atoms with Crippen molar-refractivity contribution >= 4 is 11.8 Å². The summed E-state index contributed by atoms with van der Waals surface area (Å²) in [6.45, 7) is 1.93. The first-order chi connectivity index (χ1) is 8.67. The minimum absolute atomic E-state index is 0.0464. The van der Waals surface area contributed by atoms with Gasteiger partial charge >= 0.3 is 5.97 Å². The molecule has 1 aromatic heterocycles. The van der Waals surface area contributed by atoms with Crippen LogP contribution in [0.15, 0.2) is 23.8 Å². The molecule has 0 aliphatic heterocycles. The molecule has 0 unspecified atom stereocenters. The van der Waals surface area contributed by atoms with E-state index in [2.05, 4.69) is 4.98 Å². The fourth-order valence-electron chi connectivity index (χ4n) is 1.76. The summed E-state index contributed by atoms with van der Waals surface area (Å²) in [5.74, 6) is -0.654. The number of pyridine rings is 1. The number of esters is 1. The van der Waals surface area contributed by atoms with Gasteiger partial charge in [0.1, 0.15) is 11.3 Å². The molecule has 0 amide bonds. The number of rotatable bonds is 3. The molecule has 1 aliphatic rings. The quantitative estimate of drug-likeness (QED) is 0.595. The Kier molecular flexibility index (Phi) is 3.41. The molecule has 0 aromatic carbocycles. The number of aromatic nitrogens is 1. The summed E-state index contributed by atoms with van der Waals surface area (Å²) < 4.78 is 9.81. The zero-order chi connectivity index (χ0) is 13.1. The van der Waals surface area contributed by atoms with Crippen LogP contribution in [-0.2, 0) is 16.0 Å². The zero-order valence-corrected chi connectivity index (χ0v) is 10.2. The van der Waals surface area contributed by atoms with Gasteiger partial charge in [0.15, 0.2) is 0 Å². The van der Waals surface area contributed by atoms with Gasteiger partial charge in [-0.2, -0.15) is 0 Å². The number of carbonyl (C=O) groups excluding carboxylic acids is 2. The van der Waals surface area contributed by atoms with Crippen molar-refractivity contribution in [3.63, 3.8) is 0 Å². The Balaban J connectivity index is 2.34. The molecule has 94 valence electrons. The summed E-state index contributed by atoms with van der Waals surface area (Å²) in [5.41, 5.74) is 1.10. The maximum absolute atomic E-state index is 12.1. The number of hydrogen-bond acceptors (Lipinski definition) is 5. The first-order valence-electron chi connectivity index (χ1n) is 5.63. The van der Waals surface area contributed by atoms with Crippen LogP contribution in [0.2, 0.25) is 0 Å². The molecule has 0 bridgehead atoms. The van der Waals surface area contributed by atoms with Gasteiger partial charge in [0.25, 0.3) is 0 Å². The molecule has 0 radical (unpaired) electrons. The summed E-state index contributed by atoms with van der Waals surface area (Å²) >= 11 is 0. The van der Waals surface area contributed by atoms with Crippen LogP contribution in [0.5, 0.6) is 5.88 Å². The maximum atomic E-state index is 12.1. The Morgan fingerprint density at radius 2 is 2.22 bits per heavy atom. The van der Waals surface area contributed by atoms with Crippen molar-refractivity contribution in [3.8, 4) is 5.88 Å². The molecule has 0 saturated heterocycles. The number of hydrogen-bond donors (Lipinski definition) is 0. The van der Waals surface area contributed by atoms with Crippen molar-refractivity contribution in [2.45, 2.75) is 13.3 Å². The Morgan fingerprint density at radius 3 is 2.89 bits per heavy atom. The lowest BCUT2D eigenvalue weighted by Crippen LogP contribution is -2.22. The lowest BCUT2D eigenvalue weighted by atomic mass is 9.94. The minimum Gasteiger partial charge on any atom is -0.481 e. The predicted molar refractivity (Wildman–Crippen MR) is 63.5 cm³/mol. The third-order valence-corrected chi connectivity index (χ3v) is 2.64. The fourth-order valence-corrected chi connectivity index (χ4v) is 1.76. The van der Waals surface area contributed by atoms with E-state index in [0.29, 0.717) is 12.3 Å². The fraction of sp³-hybridized carbons (Fsp3) is 0.308. The Labute approximate surface area is 104 Å². The zero-order valence-electron chi connectivity index (χ0n) is 10.2. The number of Topliss-reactive ketones (excluding diaryl/α,β-unsaturated/α-hetero) is 1. The van der Waals surface area contributed by atoms with Gasteiger partial charge in [0.2, 0.25) is 11.7 Å². The van der Waals surface area contributed by atoms with Crippen molar-refractivity contribution in [2.24, 2.45) is 0 Å². The molecular formula is C13H13NO4. The van der Waals surface area contributed by atoms with E-state index in [0.717, 1.165) is 5.56 Å². The highest BCUT2D eigenvalue weighted by Crippen LogP contribution is 2.22. The predicted octanol–water partition coefficient (Wildman–Crippen LogP) is 1.32. The molecule has 5 heteroatoms. The molecule has 1 aliphatic carbocycles. The van der Waals surface area contributed by atoms with Crippen LogP contribution in [0.4, 0.5) is 0 Å². The summed E-state index contributed by atoms with van der Waals surface area (Å²) in [6.07, 6.45) is 2.07. The number of fused-ring (bicyclic) bond motifs is 1. The highest BCUT2D eigenvalue weighted by molar-refractivity contribution is 6.24. The number of ketones is 1. The van der Waals surface area contributed by atoms with Crippen molar-refractivity contribution < 1.29 is 19.1 Å². The Morgan fingerprint density at radius 1 is 1.44 bits per heavy atom. The van der Waals surface area contributed by atoms with Crippen molar-refractivity contribution in [1.29, 1.82) is 0 Å². The molecule has 0 atom stereocenters. The van der Waals surface area contributed by atoms with Crippen LogP contribution in [0.1, 0.15) is 23.0 Å². The van der Waals surface area contributed by atoms with E-state index in [1.54, 1.807) is 25.1 Å². The molecule has 5 nitrogen and oxygen atoms in total. The molecule has 1 aromatic rings. The SMILES string of the molecule is CCOC(=O)C1=CCc2ccc(OC)nc2C1=O. The molecule has 0 saturated carbocycles. The highest BCUT2D eigenvalue weighted by Gasteiger charge is 2.28. The van der Waals surface area contributed by atoms with E-state index >= 15 is 0 Å². The van der Waals surface area contributed by atoms with Crippen LogP contribution >= 0.6 is 0 Å². The van der Waals surface area contributed by atoms with Gasteiger partial charge in [0.05, 0.1) is 13.7 Å². The lowest BCUT2D eigenvalue weighted by molar-refractivity contribution is -0.138. The third-order valence-electron chi connectivity index (χ3n) is 2.64. The number of methoxy groups -OCH3 is 1. The van der Waals surface area contributed by atoms with E-state index < -0.39 is 11.8 Å². The largest absolute Gasteiger partial charge is 0.481 e. The van der Waals surface area contributed by atoms with Gasteiger partial charge in [-0.15, -0.1) is 0 Å². The van der Waals surface area contributed by atoms with Crippen molar-refractivity contribution in [2.75, 3.05) is 13.7 Å². The first kappa shape index (κ1) is 12.3. The van der Waals surface area contributed by atoms with Crippen LogP contribution in [0.25, 0.3) is 0 Å². The molecule has 0 spiro atoms. The Hall–Kier alpha value is -2.17. The summed E-state index contributed by atoms with van der Waals surface area (Å²) in [5, 5.41) is 0. The van der Waals surface area contributed by atoms with E-state index in [4.69, 9.17) is 9.47 Å². The summed E-state index contributed by atoms with van der Waals surface area (Å²) in [7, 11) is 1.48. The van der Waals surface area contributed by atoms with E-state index in [1.807, 2.05) is 0 Å². The standard InChI is InChI=1S/C13H13NO4/c1-3-18-13(16)9-6-4-8-5-7-10(17-2)14-11(8)12(9)15/h5-7H,3-4H2,1-2H3. The smallest absolute Gasteiger partial charge is 0.341 e. The minimum atomic E-state index is -0.599. The second kappa shape index (κ2) is 5.00. The number of nitrogens with zero attached hydrogens (tertiary/aromatic N) is 1. The van der Waals surface area contributed by atoms with Gasteiger partial charge in [-0.25, -0.2) is 9.78 Å². The molecule has 0 fully saturated rings. The van der Waals surface area contributed by atoms with Crippen LogP contribution in [-0.4, -0.2) is 30.5 Å². The Bertz CT molecular complexity index is 534. The van der Waals surface area contributed by atoms with E-state index in [9.17, 15) is 9.59 Å². The first-order valence-corrected chi connectivity index (χ1v) is 5.63. The van der Waals surface area contributed by atoms with E-state index in [-0.39, 0.29) is 17.9 Å². The van der Waals surface area contributed by atoms with Gasteiger partial charge in [-0.1, -0.05) is 12.1 Å². The van der Waals surface area contributed by atoms with Crippen LogP contribution in [0, 0.1) is 0 Å². The number of carbonyl (C=O) groups is 2. The molecule has 2 rings (SSSR count). The second-order valence-electron chi connectivity index (χ2n) is 3.73. The molecule has 1 heterocycles. The van der Waals surface area contributed by atoms with Gasteiger partial charge < -0.3 is 9.47 Å². The average Bonchev–Trinajstić information content (AvgIpc) is 2.39. The highest BCUT2D eigenvalue weighted by atomic mass is 16.5. The topological polar surface area (TPSA) is 65.5 Å². The lowest BCUT2D eigenvalue weighted by Gasteiger charge is -2.14. The maximum Gasteiger partial charge on any atom is 0.341 e. The van der Waals surface area contributed by atoms with Gasteiger partial charge in [-0.3, -0.25) is 4.79 Å². The number of ether oxygens (including phenoxy) is 2. The van der Waals surface area contributed by atoms with Crippen molar-refractivity contribution in [3.05, 3.63) is 35.0 Å². The molecule has 0 N–H and O–H groups in total. The van der Waals surface area contributed by atoms with Gasteiger partial charge in [0, 0.05) is 6.07 Å². The average molecular weight is 247 g/mol. The molecular weight excluding hydrogens is 234 g/mol. The molecule has 18 heavy (non-hydrogen) atoms. The third kappa shape index (κ3) is 2.11. The van der Waals surface area contributed by atoms with E-state index in [1.165, 1.54) is 7.11 Å². The summed E-state index contributed by atoms with van der Waals surface area (Å²) in [4.78, 5) is 27.8. The normalized spacial score (nSPS) is 13.7. The van der Waals surface area contributed by atoms with Crippen LogP contribution < -0.4 is 4.74 Å². The monoisotopic (exact) mass is 247 g/mol. The van der Waals surface area contributed by atoms with Crippen molar-refractivity contribution in [1.82, 2.24) is 4.98 Å². The van der Waals surface area contributed by atoms with Crippen LogP contribution in [0.3, 0.4) is 0 Å². The second-order valence-corrected chi connectivity index (χ2v) is 3.73. The number of allylic oxidation sites excluding steroid dienone is 1. The van der Waals surface area contributed by atoms with Gasteiger partial charge in [-0.05, 0) is 18.9 Å².